The van der Waals surface area contributed by atoms with Crippen molar-refractivity contribution in [3.05, 3.63) is 58.7 Å². The molecule has 32 heavy (non-hydrogen) atoms. The van der Waals surface area contributed by atoms with E-state index in [1.807, 2.05) is 37.3 Å². The molecule has 0 saturated carbocycles. The van der Waals surface area contributed by atoms with Gasteiger partial charge >= 0.3 is 190 Å². The second-order valence-corrected chi connectivity index (χ2v) is 11.5. The Morgan fingerprint density at radius 3 is 2.56 bits per heavy atom. The fourth-order valence-electron chi connectivity index (χ4n) is 4.42. The third-order valence-electron chi connectivity index (χ3n) is 6.32. The Morgan fingerprint density at radius 2 is 1.78 bits per heavy atom. The summed E-state index contributed by atoms with van der Waals surface area (Å²) in [6, 6.07) is 11.5. The summed E-state index contributed by atoms with van der Waals surface area (Å²) in [5.41, 5.74) is 3.61. The van der Waals surface area contributed by atoms with E-state index in [0.29, 0.717) is 25.2 Å². The number of ether oxygens (including phenoxy) is 4. The van der Waals surface area contributed by atoms with Crippen molar-refractivity contribution in [2.45, 2.75) is 41.1 Å². The summed E-state index contributed by atoms with van der Waals surface area (Å²) < 4.78 is 22.4. The fraction of sp³-hybridized carbons (Fsp3) is 0.478. The van der Waals surface area contributed by atoms with Gasteiger partial charge in [-0.05, 0) is 0 Å². The molecule has 3 aliphatic heterocycles. The van der Waals surface area contributed by atoms with Crippen LogP contribution in [0.25, 0.3) is 0 Å². The van der Waals surface area contributed by atoms with E-state index in [4.69, 9.17) is 18.9 Å². The predicted molar refractivity (Wildman–Crippen MR) is 108 cm³/mol. The first-order chi connectivity index (χ1) is 15.4. The van der Waals surface area contributed by atoms with Gasteiger partial charge in [0.25, 0.3) is 0 Å². The van der Waals surface area contributed by atoms with Gasteiger partial charge in [-0.1, -0.05) is 0 Å². The second kappa shape index (κ2) is 8.39. The van der Waals surface area contributed by atoms with E-state index in [1.165, 1.54) is 0 Å². The Labute approximate surface area is 196 Å². The first-order valence-electron chi connectivity index (χ1n) is 10.5. The number of rotatable bonds is 4. The maximum atomic E-state index is 10.9. The monoisotopic (exact) mass is 557 g/mol. The summed E-state index contributed by atoms with van der Waals surface area (Å²) in [7, 11) is 0. The van der Waals surface area contributed by atoms with Crippen LogP contribution in [0.4, 0.5) is 0 Å². The Hall–Kier alpha value is -1.47. The van der Waals surface area contributed by atoms with Crippen molar-refractivity contribution < 1.29 is 60.6 Å². The summed E-state index contributed by atoms with van der Waals surface area (Å²) >= 11 is -0.927. The molecule has 5 atom stereocenters. The number of aliphatic hydroxyl groups excluding tert-OH is 4. The van der Waals surface area contributed by atoms with Gasteiger partial charge in [0.15, 0.2) is 0 Å². The first-order valence-corrected chi connectivity index (χ1v) is 13.1. The molecule has 0 unspecified atom stereocenters. The van der Waals surface area contributed by atoms with Gasteiger partial charge in [0.05, 0.1) is 0 Å². The van der Waals surface area contributed by atoms with Crippen LogP contribution in [-0.4, -0.2) is 66.8 Å². The van der Waals surface area contributed by atoms with Gasteiger partial charge in [-0.2, -0.15) is 0 Å². The van der Waals surface area contributed by atoms with Gasteiger partial charge in [0.2, 0.25) is 0 Å². The van der Waals surface area contributed by atoms with Gasteiger partial charge < -0.3 is 0 Å². The molecule has 3 heterocycles. The third-order valence-corrected chi connectivity index (χ3v) is 9.43. The van der Waals surface area contributed by atoms with Crippen molar-refractivity contribution in [3.8, 4) is 11.5 Å². The van der Waals surface area contributed by atoms with Gasteiger partial charge in [-0.3, -0.25) is 0 Å². The van der Waals surface area contributed by atoms with Crippen molar-refractivity contribution in [3.63, 3.8) is 0 Å². The van der Waals surface area contributed by atoms with Crippen molar-refractivity contribution in [1.82, 2.24) is 0 Å². The Bertz CT molecular complexity index is 1020. The summed E-state index contributed by atoms with van der Waals surface area (Å²) in [5.74, 6) is -0.208. The van der Waals surface area contributed by atoms with Gasteiger partial charge in [0.1, 0.15) is 6.61 Å². The molecule has 3 aliphatic rings. The SMILES string of the molecule is Cc1ccc([C@]23OC[I-][C@](CO)(O2)[C@@H](O)[C@H](O)[C@H]3O)cc1Cc1ccc2c(c1)OCCO2. The molecule has 0 spiro atoms. The van der Waals surface area contributed by atoms with Crippen LogP contribution in [0.15, 0.2) is 36.4 Å². The molecule has 2 bridgehead atoms. The fourth-order valence-corrected chi connectivity index (χ4v) is 7.11. The molecule has 2 saturated heterocycles. The third kappa shape index (κ3) is 3.51. The van der Waals surface area contributed by atoms with Crippen molar-refractivity contribution >= 4 is 0 Å². The standard InChI is InChI=1S/C23H26IO8/c1-13-2-4-16(10-15(13)8-14-3-5-17-18(9-14)30-7-6-29-17)23-21(28)19(26)20(27)22(11-25,32-23)24-12-31-23/h2-5,9-10,19-21,25-28H,6-8,11-12H2,1H3/q-1/t19-,20-,21+,22+,23-/m0/s1. The molecule has 2 aromatic carbocycles. The van der Waals surface area contributed by atoms with Crippen molar-refractivity contribution in [2.24, 2.45) is 0 Å². The van der Waals surface area contributed by atoms with E-state index in [0.717, 1.165) is 28.2 Å². The van der Waals surface area contributed by atoms with Crippen LogP contribution in [0, 0.1) is 6.92 Å². The molecule has 0 aliphatic carbocycles. The molecule has 2 fully saturated rings. The number of hydrogen-bond acceptors (Lipinski definition) is 8. The summed E-state index contributed by atoms with van der Waals surface area (Å²) in [5, 5.41) is 42.0. The molecular weight excluding hydrogens is 531 g/mol. The van der Waals surface area contributed by atoms with Crippen LogP contribution in [0.1, 0.15) is 22.3 Å². The van der Waals surface area contributed by atoms with E-state index in [1.54, 1.807) is 6.07 Å². The van der Waals surface area contributed by atoms with Gasteiger partial charge in [0, 0.05) is 0 Å². The number of benzene rings is 2. The van der Waals surface area contributed by atoms with Crippen LogP contribution in [0.5, 0.6) is 11.5 Å². The molecule has 5 rings (SSSR count). The zero-order valence-corrected chi connectivity index (χ0v) is 19.7. The van der Waals surface area contributed by atoms with Crippen LogP contribution < -0.4 is 30.7 Å². The molecule has 0 radical (unpaired) electrons. The molecule has 174 valence electrons. The number of aliphatic hydroxyl groups is 4. The number of aryl methyl sites for hydroxylation is 1. The van der Waals surface area contributed by atoms with E-state index in [-0.39, 0.29) is 4.61 Å². The average Bonchev–Trinajstić information content (AvgIpc) is 2.83. The number of halogens is 1. The normalized spacial score (nSPS) is 34.0. The van der Waals surface area contributed by atoms with Crippen LogP contribution in [0.3, 0.4) is 0 Å². The summed E-state index contributed by atoms with van der Waals surface area (Å²) in [6.07, 6.45) is -3.79. The molecule has 9 heteroatoms. The first kappa shape index (κ1) is 22.3. The smallest absolute Gasteiger partial charge is 0.122 e. The van der Waals surface area contributed by atoms with E-state index in [9.17, 15) is 20.4 Å². The Balaban J connectivity index is 1.50. The van der Waals surface area contributed by atoms with E-state index < -0.39 is 55.5 Å². The molecule has 0 aromatic heterocycles. The summed E-state index contributed by atoms with van der Waals surface area (Å²) in [6.45, 7) is 2.60. The van der Waals surface area contributed by atoms with E-state index >= 15 is 0 Å². The minimum absolute atomic E-state index is 0.269. The van der Waals surface area contributed by atoms with E-state index in [2.05, 4.69) is 0 Å². The van der Waals surface area contributed by atoms with Crippen LogP contribution >= 0.6 is 0 Å². The molecule has 2 aromatic rings. The molecular formula is C23H26IO8-. The van der Waals surface area contributed by atoms with Gasteiger partial charge in [-0.15, -0.1) is 0 Å². The maximum absolute atomic E-state index is 10.9. The Kier molecular flexibility index (Phi) is 5.85. The summed E-state index contributed by atoms with van der Waals surface area (Å²) in [4.78, 5) is 0. The molecule has 4 N–H and O–H groups in total. The predicted octanol–water partition coefficient (Wildman–Crippen LogP) is -2.61. The average molecular weight is 557 g/mol. The van der Waals surface area contributed by atoms with Crippen LogP contribution in [0.2, 0.25) is 0 Å². The molecule has 0 amide bonds. The van der Waals surface area contributed by atoms with Crippen molar-refractivity contribution in [2.75, 3.05) is 24.4 Å². The zero-order chi connectivity index (χ0) is 22.5. The second-order valence-electron chi connectivity index (χ2n) is 8.28. The van der Waals surface area contributed by atoms with Gasteiger partial charge in [-0.25, -0.2) is 0 Å². The van der Waals surface area contributed by atoms with Crippen LogP contribution in [-0.2, 0) is 21.7 Å². The Morgan fingerprint density at radius 1 is 1.00 bits per heavy atom. The minimum atomic E-state index is -1.66. The zero-order valence-electron chi connectivity index (χ0n) is 17.5. The molecule has 8 nitrogen and oxygen atoms in total. The number of fused-ring (bicyclic) bond motifs is 3. The topological polar surface area (TPSA) is 118 Å². The minimum Gasteiger partial charge on any atom is 0.122 e. The number of alkyl halides is 2. The van der Waals surface area contributed by atoms with Crippen molar-refractivity contribution in [1.29, 1.82) is 0 Å². The number of hydrogen-bond donors (Lipinski definition) is 4. The quantitative estimate of drug-likeness (QED) is 0.239.